The minimum Gasteiger partial charge on any atom is -0.494 e. The van der Waals surface area contributed by atoms with E-state index in [1.807, 2.05) is 6.08 Å². The summed E-state index contributed by atoms with van der Waals surface area (Å²) in [6.45, 7) is 10.7. The molecule has 3 heteroatoms. The molecule has 3 nitrogen and oxygen atoms in total. The fourth-order valence-corrected chi connectivity index (χ4v) is 4.20. The van der Waals surface area contributed by atoms with Crippen LogP contribution >= 0.6 is 0 Å². The summed E-state index contributed by atoms with van der Waals surface area (Å²) in [5, 5.41) is 0. The zero-order chi connectivity index (χ0) is 23.3. The van der Waals surface area contributed by atoms with Gasteiger partial charge in [0.25, 0.3) is 0 Å². The summed E-state index contributed by atoms with van der Waals surface area (Å²) in [4.78, 5) is 0. The molecule has 2 aromatic rings. The van der Waals surface area contributed by atoms with Crippen LogP contribution in [0.25, 0.3) is 11.1 Å². The summed E-state index contributed by atoms with van der Waals surface area (Å²) < 4.78 is 17.9. The average molecular weight is 451 g/mol. The zero-order valence-corrected chi connectivity index (χ0v) is 20.6. The van der Waals surface area contributed by atoms with Crippen molar-refractivity contribution < 1.29 is 14.2 Å². The summed E-state index contributed by atoms with van der Waals surface area (Å²) in [7, 11) is 0. The van der Waals surface area contributed by atoms with Crippen LogP contribution in [0.15, 0.2) is 61.2 Å². The Morgan fingerprint density at radius 2 is 1.61 bits per heavy atom. The Hall–Kier alpha value is -2.10. The predicted octanol–water partition coefficient (Wildman–Crippen LogP) is 8.36. The van der Waals surface area contributed by atoms with Crippen molar-refractivity contribution in [3.05, 3.63) is 66.7 Å². The summed E-state index contributed by atoms with van der Waals surface area (Å²) in [5.74, 6) is 2.29. The maximum Gasteiger partial charge on any atom is 0.183 e. The highest BCUT2D eigenvalue weighted by Crippen LogP contribution is 2.29. The predicted molar refractivity (Wildman–Crippen MR) is 137 cm³/mol. The van der Waals surface area contributed by atoms with Crippen LogP contribution in [0.4, 0.5) is 0 Å². The molecule has 1 fully saturated rings. The third-order valence-corrected chi connectivity index (χ3v) is 6.66. The molecule has 2 aromatic carbocycles. The second-order valence-electron chi connectivity index (χ2n) is 9.44. The quantitative estimate of drug-likeness (QED) is 0.214. The lowest BCUT2D eigenvalue weighted by Gasteiger charge is -2.29. The first-order chi connectivity index (χ1) is 16.2. The Morgan fingerprint density at radius 3 is 2.24 bits per heavy atom. The lowest BCUT2D eigenvalue weighted by molar-refractivity contribution is -0.206. The van der Waals surface area contributed by atoms with Crippen LogP contribution in [0, 0.1) is 11.8 Å². The molecule has 1 atom stereocenters. The minimum atomic E-state index is -0.254. The lowest BCUT2D eigenvalue weighted by atomic mass is 10.0. The van der Waals surface area contributed by atoms with Gasteiger partial charge in [-0.2, -0.15) is 0 Å². The van der Waals surface area contributed by atoms with Gasteiger partial charge in [-0.3, -0.25) is 0 Å². The van der Waals surface area contributed by atoms with E-state index in [0.717, 1.165) is 62.7 Å². The van der Waals surface area contributed by atoms with E-state index in [1.165, 1.54) is 36.8 Å². The van der Waals surface area contributed by atoms with E-state index in [-0.39, 0.29) is 6.29 Å². The zero-order valence-electron chi connectivity index (χ0n) is 20.6. The van der Waals surface area contributed by atoms with Crippen LogP contribution in [0.5, 0.6) is 5.75 Å². The molecule has 0 amide bonds. The first-order valence-corrected chi connectivity index (χ1v) is 12.9. The van der Waals surface area contributed by atoms with E-state index >= 15 is 0 Å². The third-order valence-electron chi connectivity index (χ3n) is 6.66. The van der Waals surface area contributed by atoms with Crippen molar-refractivity contribution in [2.24, 2.45) is 11.8 Å². The number of hydrogen-bond donors (Lipinski definition) is 0. The molecule has 1 saturated heterocycles. The summed E-state index contributed by atoms with van der Waals surface area (Å²) >= 11 is 0. The Labute approximate surface area is 201 Å². The summed E-state index contributed by atoms with van der Waals surface area (Å²) in [6, 6.07) is 16.9. The number of benzene rings is 2. The van der Waals surface area contributed by atoms with Gasteiger partial charge < -0.3 is 14.2 Å². The average Bonchev–Trinajstić information content (AvgIpc) is 2.87. The maximum atomic E-state index is 5.98. The van der Waals surface area contributed by atoms with E-state index in [1.54, 1.807) is 0 Å². The van der Waals surface area contributed by atoms with Gasteiger partial charge in [0.1, 0.15) is 5.75 Å². The Balaban J connectivity index is 1.40. The maximum absolute atomic E-state index is 5.98. The van der Waals surface area contributed by atoms with Gasteiger partial charge in [0, 0.05) is 11.5 Å². The van der Waals surface area contributed by atoms with E-state index in [4.69, 9.17) is 14.2 Å². The van der Waals surface area contributed by atoms with Crippen LogP contribution in [-0.2, 0) is 9.47 Å². The SMILES string of the molecule is C=CCCC[C@H]1CO[C@H](c2ccc(-c3ccc(OCCCCC[C@@H](C)CC)cc3)cc2)OC1. The molecule has 0 bridgehead atoms. The van der Waals surface area contributed by atoms with Crippen molar-refractivity contribution in [3.8, 4) is 16.9 Å². The number of allylic oxidation sites excluding steroid dienone is 1. The second-order valence-corrected chi connectivity index (χ2v) is 9.44. The van der Waals surface area contributed by atoms with Gasteiger partial charge in [0.2, 0.25) is 0 Å². The van der Waals surface area contributed by atoms with Gasteiger partial charge in [-0.1, -0.05) is 82.0 Å². The standard InChI is InChI=1S/C30H42O3/c1-4-6-8-12-25-22-32-30(33-23-25)28-15-13-26(14-16-28)27-17-19-29(20-18-27)31-21-10-7-9-11-24(3)5-2/h4,13-20,24-25,30H,1,5-12,21-23H2,2-3H3/t24-,25-,30-/m0/s1. The van der Waals surface area contributed by atoms with E-state index in [0.29, 0.717) is 5.92 Å². The molecule has 3 rings (SSSR count). The highest BCUT2D eigenvalue weighted by molar-refractivity contribution is 5.64. The number of unbranched alkanes of at least 4 members (excludes halogenated alkanes) is 3. The molecule has 0 radical (unpaired) electrons. The number of rotatable bonds is 14. The Kier molecular flexibility index (Phi) is 11.0. The van der Waals surface area contributed by atoms with Gasteiger partial charge in [0.15, 0.2) is 6.29 Å². The van der Waals surface area contributed by atoms with E-state index in [9.17, 15) is 0 Å². The van der Waals surface area contributed by atoms with Gasteiger partial charge in [0.05, 0.1) is 19.8 Å². The van der Waals surface area contributed by atoms with Crippen LogP contribution in [0.2, 0.25) is 0 Å². The van der Waals surface area contributed by atoms with Gasteiger partial charge >= 0.3 is 0 Å². The molecular formula is C30H42O3. The first kappa shape index (κ1) is 25.5. The molecule has 1 aliphatic heterocycles. The molecule has 0 unspecified atom stereocenters. The van der Waals surface area contributed by atoms with Crippen LogP contribution in [0.1, 0.15) is 77.1 Å². The topological polar surface area (TPSA) is 27.7 Å². The van der Waals surface area contributed by atoms with Crippen LogP contribution in [-0.4, -0.2) is 19.8 Å². The fourth-order valence-electron chi connectivity index (χ4n) is 4.20. The molecule has 0 N–H and O–H groups in total. The van der Waals surface area contributed by atoms with Crippen molar-refractivity contribution >= 4 is 0 Å². The first-order valence-electron chi connectivity index (χ1n) is 12.9. The minimum absolute atomic E-state index is 0.254. The molecule has 0 aromatic heterocycles. The third kappa shape index (κ3) is 8.64. The van der Waals surface area contributed by atoms with E-state index in [2.05, 4.69) is 69.0 Å². The summed E-state index contributed by atoms with van der Waals surface area (Å²) in [6.07, 6.45) is 11.4. The molecule has 180 valence electrons. The van der Waals surface area contributed by atoms with E-state index < -0.39 is 0 Å². The van der Waals surface area contributed by atoms with Crippen molar-refractivity contribution in [2.45, 2.75) is 71.5 Å². The Bertz CT molecular complexity index is 788. The van der Waals surface area contributed by atoms with Crippen LogP contribution in [0.3, 0.4) is 0 Å². The second kappa shape index (κ2) is 14.2. The van der Waals surface area contributed by atoms with Crippen molar-refractivity contribution in [1.29, 1.82) is 0 Å². The number of hydrogen-bond acceptors (Lipinski definition) is 3. The van der Waals surface area contributed by atoms with Crippen LogP contribution < -0.4 is 4.74 Å². The lowest BCUT2D eigenvalue weighted by Crippen LogP contribution is -2.27. The van der Waals surface area contributed by atoms with Crippen molar-refractivity contribution in [2.75, 3.05) is 19.8 Å². The highest BCUT2D eigenvalue weighted by atomic mass is 16.7. The fraction of sp³-hybridized carbons (Fsp3) is 0.533. The van der Waals surface area contributed by atoms with Gasteiger partial charge in [-0.15, -0.1) is 6.58 Å². The molecule has 0 spiro atoms. The Morgan fingerprint density at radius 1 is 0.939 bits per heavy atom. The largest absolute Gasteiger partial charge is 0.494 e. The highest BCUT2D eigenvalue weighted by Gasteiger charge is 2.23. The molecule has 1 aliphatic rings. The molecule has 0 saturated carbocycles. The molecule has 0 aliphatic carbocycles. The monoisotopic (exact) mass is 450 g/mol. The molecular weight excluding hydrogens is 408 g/mol. The van der Waals surface area contributed by atoms with Gasteiger partial charge in [-0.25, -0.2) is 0 Å². The normalized spacial score (nSPS) is 19.2. The number of ether oxygens (including phenoxy) is 3. The molecule has 33 heavy (non-hydrogen) atoms. The van der Waals surface area contributed by atoms with Gasteiger partial charge in [-0.05, 0) is 54.9 Å². The summed E-state index contributed by atoms with van der Waals surface area (Å²) in [5.41, 5.74) is 3.46. The smallest absolute Gasteiger partial charge is 0.183 e. The van der Waals surface area contributed by atoms with Crippen molar-refractivity contribution in [3.63, 3.8) is 0 Å². The van der Waals surface area contributed by atoms with Crippen molar-refractivity contribution in [1.82, 2.24) is 0 Å². The molecule has 1 heterocycles.